The maximum Gasteiger partial charge on any atom is 0.269 e. The molecular weight excluding hydrogens is 336 g/mol. The minimum Gasteiger partial charge on any atom is -0.296 e. The summed E-state index contributed by atoms with van der Waals surface area (Å²) in [5.41, 5.74) is 7.04. The van der Waals surface area contributed by atoms with Crippen molar-refractivity contribution in [2.75, 3.05) is 0 Å². The molecule has 134 valence electrons. The molecule has 2 heterocycles. The molecule has 0 bridgehead atoms. The zero-order chi connectivity index (χ0) is 18.7. The van der Waals surface area contributed by atoms with Crippen LogP contribution in [0, 0.1) is 13.8 Å². The van der Waals surface area contributed by atoms with E-state index in [0.29, 0.717) is 11.0 Å². The molecule has 0 aliphatic carbocycles. The van der Waals surface area contributed by atoms with Gasteiger partial charge in [-0.25, -0.2) is 4.98 Å². The van der Waals surface area contributed by atoms with E-state index in [4.69, 9.17) is 0 Å². The Kier molecular flexibility index (Phi) is 4.78. The first-order valence-corrected chi connectivity index (χ1v) is 7.97. The number of hydrogen-bond acceptors (Lipinski definition) is 5. The highest BCUT2D eigenvalue weighted by Crippen LogP contribution is 2.07. The fourth-order valence-electron chi connectivity index (χ4n) is 2.61. The number of carbonyl (C=O) groups is 2. The Bertz CT molecular complexity index is 1040. The Morgan fingerprint density at radius 3 is 2.46 bits per heavy atom. The SMILES string of the molecule is Cc1cc(C)n(CC(=O)NNC(=O)Cn2c(=O)cnc3ccccc32)n1. The van der Waals surface area contributed by atoms with Crippen LogP contribution >= 0.6 is 0 Å². The van der Waals surface area contributed by atoms with E-state index in [1.54, 1.807) is 24.3 Å². The van der Waals surface area contributed by atoms with E-state index in [0.717, 1.165) is 17.6 Å². The summed E-state index contributed by atoms with van der Waals surface area (Å²) in [4.78, 5) is 40.1. The number of hydrazine groups is 1. The Hall–Kier alpha value is -3.49. The standard InChI is InChI=1S/C17H18N6O3/c1-11-7-12(2)23(21-11)10-16(25)20-19-15(24)9-22-14-6-4-3-5-13(14)18-8-17(22)26/h3-8H,9-10H2,1-2H3,(H,19,24)(H,20,25). The number of rotatable bonds is 4. The Labute approximate surface area is 148 Å². The van der Waals surface area contributed by atoms with Crippen LogP contribution in [0.4, 0.5) is 0 Å². The van der Waals surface area contributed by atoms with Crippen LogP contribution in [0.15, 0.2) is 41.3 Å². The summed E-state index contributed by atoms with van der Waals surface area (Å²) < 4.78 is 2.84. The summed E-state index contributed by atoms with van der Waals surface area (Å²) in [5, 5.41) is 4.18. The molecule has 2 N–H and O–H groups in total. The van der Waals surface area contributed by atoms with Crippen LogP contribution in [-0.4, -0.2) is 31.1 Å². The molecule has 0 saturated heterocycles. The highest BCUT2D eigenvalue weighted by molar-refractivity contribution is 5.83. The summed E-state index contributed by atoms with van der Waals surface area (Å²) in [6.07, 6.45) is 1.16. The van der Waals surface area contributed by atoms with Crippen molar-refractivity contribution >= 4 is 22.8 Å². The fourth-order valence-corrected chi connectivity index (χ4v) is 2.61. The van der Waals surface area contributed by atoms with Crippen LogP contribution < -0.4 is 16.4 Å². The van der Waals surface area contributed by atoms with Gasteiger partial charge in [-0.05, 0) is 32.0 Å². The normalized spacial score (nSPS) is 10.7. The molecule has 3 rings (SSSR count). The zero-order valence-corrected chi connectivity index (χ0v) is 14.4. The van der Waals surface area contributed by atoms with Crippen LogP contribution in [0.3, 0.4) is 0 Å². The third-order valence-corrected chi connectivity index (χ3v) is 3.79. The summed E-state index contributed by atoms with van der Waals surface area (Å²) in [6.45, 7) is 3.42. The van der Waals surface area contributed by atoms with E-state index in [9.17, 15) is 14.4 Å². The first-order chi connectivity index (χ1) is 12.4. The van der Waals surface area contributed by atoms with Crippen molar-refractivity contribution in [3.05, 3.63) is 58.3 Å². The second-order valence-corrected chi connectivity index (χ2v) is 5.85. The van der Waals surface area contributed by atoms with E-state index >= 15 is 0 Å². The maximum atomic E-state index is 12.1. The summed E-state index contributed by atoms with van der Waals surface area (Å²) in [6, 6.07) is 8.86. The smallest absolute Gasteiger partial charge is 0.269 e. The lowest BCUT2D eigenvalue weighted by Gasteiger charge is -2.11. The molecule has 0 radical (unpaired) electrons. The van der Waals surface area contributed by atoms with Gasteiger partial charge in [0.1, 0.15) is 13.1 Å². The number of aryl methyl sites for hydroxylation is 2. The number of para-hydroxylation sites is 2. The molecule has 3 aromatic rings. The predicted octanol–water partition coefficient (Wildman–Crippen LogP) is 0.0574. The Balaban J connectivity index is 1.63. The molecule has 0 unspecified atom stereocenters. The van der Waals surface area contributed by atoms with Gasteiger partial charge >= 0.3 is 0 Å². The molecule has 0 spiro atoms. The Morgan fingerprint density at radius 2 is 1.77 bits per heavy atom. The molecule has 0 aliphatic heterocycles. The van der Waals surface area contributed by atoms with Gasteiger partial charge in [-0.3, -0.25) is 34.5 Å². The number of carbonyl (C=O) groups excluding carboxylic acids is 2. The highest BCUT2D eigenvalue weighted by Gasteiger charge is 2.11. The van der Waals surface area contributed by atoms with Crippen LogP contribution in [-0.2, 0) is 22.7 Å². The van der Waals surface area contributed by atoms with E-state index in [-0.39, 0.29) is 13.1 Å². The van der Waals surface area contributed by atoms with Crippen molar-refractivity contribution in [1.82, 2.24) is 30.2 Å². The van der Waals surface area contributed by atoms with Gasteiger partial charge in [-0.15, -0.1) is 0 Å². The molecule has 0 atom stereocenters. The van der Waals surface area contributed by atoms with Gasteiger partial charge in [0.15, 0.2) is 0 Å². The number of aromatic nitrogens is 4. The molecule has 0 aliphatic rings. The first-order valence-electron chi connectivity index (χ1n) is 7.97. The first kappa shape index (κ1) is 17.3. The molecule has 26 heavy (non-hydrogen) atoms. The van der Waals surface area contributed by atoms with E-state index in [2.05, 4.69) is 20.9 Å². The number of nitrogens with zero attached hydrogens (tertiary/aromatic N) is 4. The molecule has 1 aromatic carbocycles. The topological polar surface area (TPSA) is 111 Å². The number of hydrogen-bond donors (Lipinski definition) is 2. The summed E-state index contributed by atoms with van der Waals surface area (Å²) in [5.74, 6) is -0.943. The molecular formula is C17H18N6O3. The van der Waals surface area contributed by atoms with Gasteiger partial charge in [-0.2, -0.15) is 5.10 Å². The van der Waals surface area contributed by atoms with Crippen molar-refractivity contribution in [3.63, 3.8) is 0 Å². The van der Waals surface area contributed by atoms with Crippen molar-refractivity contribution < 1.29 is 9.59 Å². The quantitative estimate of drug-likeness (QED) is 0.644. The van der Waals surface area contributed by atoms with Crippen LogP contribution in [0.25, 0.3) is 11.0 Å². The van der Waals surface area contributed by atoms with E-state index in [1.165, 1.54) is 9.25 Å². The van der Waals surface area contributed by atoms with Crippen LogP contribution in [0.2, 0.25) is 0 Å². The van der Waals surface area contributed by atoms with E-state index < -0.39 is 17.4 Å². The third-order valence-electron chi connectivity index (χ3n) is 3.79. The average Bonchev–Trinajstić information content (AvgIpc) is 2.93. The van der Waals surface area contributed by atoms with Crippen molar-refractivity contribution in [3.8, 4) is 0 Å². The second kappa shape index (κ2) is 7.18. The van der Waals surface area contributed by atoms with Crippen molar-refractivity contribution in [1.29, 1.82) is 0 Å². The lowest BCUT2D eigenvalue weighted by molar-refractivity contribution is -0.129. The van der Waals surface area contributed by atoms with Crippen LogP contribution in [0.5, 0.6) is 0 Å². The third kappa shape index (κ3) is 3.77. The fraction of sp³-hybridized carbons (Fsp3) is 0.235. The zero-order valence-electron chi connectivity index (χ0n) is 14.4. The molecule has 9 nitrogen and oxygen atoms in total. The van der Waals surface area contributed by atoms with Gasteiger partial charge in [0.2, 0.25) is 0 Å². The molecule has 9 heteroatoms. The average molecular weight is 354 g/mol. The van der Waals surface area contributed by atoms with Crippen molar-refractivity contribution in [2.45, 2.75) is 26.9 Å². The number of amides is 2. The van der Waals surface area contributed by atoms with Gasteiger partial charge in [0.05, 0.1) is 22.9 Å². The predicted molar refractivity (Wildman–Crippen MR) is 94.0 cm³/mol. The highest BCUT2D eigenvalue weighted by atomic mass is 16.2. The monoisotopic (exact) mass is 354 g/mol. The lowest BCUT2D eigenvalue weighted by Crippen LogP contribution is -2.45. The minimum atomic E-state index is -0.523. The maximum absolute atomic E-state index is 12.1. The van der Waals surface area contributed by atoms with Gasteiger partial charge in [-0.1, -0.05) is 12.1 Å². The summed E-state index contributed by atoms with van der Waals surface area (Å²) >= 11 is 0. The minimum absolute atomic E-state index is 0.0158. The van der Waals surface area contributed by atoms with Gasteiger partial charge in [0.25, 0.3) is 17.4 Å². The van der Waals surface area contributed by atoms with Gasteiger partial charge in [0, 0.05) is 5.69 Å². The van der Waals surface area contributed by atoms with E-state index in [1.807, 2.05) is 19.9 Å². The molecule has 0 fully saturated rings. The lowest BCUT2D eigenvalue weighted by atomic mass is 10.3. The van der Waals surface area contributed by atoms with Crippen LogP contribution in [0.1, 0.15) is 11.4 Å². The van der Waals surface area contributed by atoms with Crippen molar-refractivity contribution in [2.24, 2.45) is 0 Å². The largest absolute Gasteiger partial charge is 0.296 e. The summed E-state index contributed by atoms with van der Waals surface area (Å²) in [7, 11) is 0. The molecule has 2 aromatic heterocycles. The number of benzene rings is 1. The molecule has 2 amide bonds. The Morgan fingerprint density at radius 1 is 1.08 bits per heavy atom. The second-order valence-electron chi connectivity index (χ2n) is 5.85. The number of nitrogens with one attached hydrogen (secondary N) is 2. The molecule has 0 saturated carbocycles. The van der Waals surface area contributed by atoms with Gasteiger partial charge < -0.3 is 0 Å². The number of fused-ring (bicyclic) bond motifs is 1.